The number of nitrogens with zero attached hydrogens (tertiary/aromatic N) is 1. The first-order valence-corrected chi connectivity index (χ1v) is 9.96. The summed E-state index contributed by atoms with van der Waals surface area (Å²) in [6.45, 7) is 0. The molecule has 0 N–H and O–H groups in total. The molecule has 0 unspecified atom stereocenters. The Labute approximate surface area is 165 Å². The molecule has 0 heterocycles. The first kappa shape index (κ1) is 19.0. The summed E-state index contributed by atoms with van der Waals surface area (Å²) < 4.78 is 28.3. The number of halogens is 2. The Hall–Kier alpha value is -2.73. The largest absolute Gasteiger partial charge is 0.206 e. The summed E-state index contributed by atoms with van der Waals surface area (Å²) in [5.41, 5.74) is 2.29. The summed E-state index contributed by atoms with van der Waals surface area (Å²) in [7, 11) is 0. The number of thiocyanates is 1. The van der Waals surface area contributed by atoms with Crippen LogP contribution in [0.3, 0.4) is 0 Å². The predicted molar refractivity (Wildman–Crippen MR) is 107 cm³/mol. The van der Waals surface area contributed by atoms with E-state index in [1.165, 1.54) is 18.2 Å². The van der Waals surface area contributed by atoms with Crippen LogP contribution in [-0.4, -0.2) is 6.26 Å². The zero-order chi connectivity index (χ0) is 19.2. The van der Waals surface area contributed by atoms with Gasteiger partial charge in [0.25, 0.3) is 0 Å². The van der Waals surface area contributed by atoms with Crippen molar-refractivity contribution in [3.05, 3.63) is 83.4 Å². The number of hydrogen-bond donors (Lipinski definition) is 0. The van der Waals surface area contributed by atoms with Crippen LogP contribution in [0.5, 0.6) is 0 Å². The Bertz CT molecular complexity index is 1070. The van der Waals surface area contributed by atoms with Crippen LogP contribution < -0.4 is 0 Å². The van der Waals surface area contributed by atoms with Gasteiger partial charge in [-0.05, 0) is 66.0 Å². The van der Waals surface area contributed by atoms with Crippen LogP contribution in [0.1, 0.15) is 11.1 Å². The van der Waals surface area contributed by atoms with Crippen LogP contribution in [0.2, 0.25) is 0 Å². The second-order valence-corrected chi connectivity index (χ2v) is 7.22. The van der Waals surface area contributed by atoms with Gasteiger partial charge in [0.1, 0.15) is 17.0 Å². The Morgan fingerprint density at radius 2 is 1.44 bits per heavy atom. The predicted octanol–water partition coefficient (Wildman–Crippen LogP) is 6.33. The lowest BCUT2D eigenvalue weighted by Gasteiger charge is -2.05. The second kappa shape index (κ2) is 8.77. The molecule has 3 aromatic rings. The van der Waals surface area contributed by atoms with E-state index in [-0.39, 0.29) is 10.7 Å². The van der Waals surface area contributed by atoms with Gasteiger partial charge < -0.3 is 0 Å². The normalized spacial score (nSPS) is 10.0. The van der Waals surface area contributed by atoms with Crippen molar-refractivity contribution in [1.82, 2.24) is 0 Å². The van der Waals surface area contributed by atoms with E-state index in [1.54, 1.807) is 30.0 Å². The number of nitriles is 1. The van der Waals surface area contributed by atoms with Crippen molar-refractivity contribution in [1.29, 1.82) is 5.26 Å². The molecule has 0 spiro atoms. The Morgan fingerprint density at radius 1 is 0.815 bits per heavy atom. The van der Waals surface area contributed by atoms with Gasteiger partial charge in [-0.25, -0.2) is 8.78 Å². The highest BCUT2D eigenvalue weighted by Gasteiger charge is 2.06. The summed E-state index contributed by atoms with van der Waals surface area (Å²) in [4.78, 5) is 1.37. The molecule has 5 heteroatoms. The zero-order valence-corrected chi connectivity index (χ0v) is 15.9. The molecule has 3 rings (SSSR count). The molecule has 0 bridgehead atoms. The third-order valence-electron chi connectivity index (χ3n) is 3.81. The van der Waals surface area contributed by atoms with Crippen molar-refractivity contribution in [2.45, 2.75) is 9.79 Å². The third kappa shape index (κ3) is 4.71. The zero-order valence-electron chi connectivity index (χ0n) is 14.3. The molecule has 0 amide bonds. The highest BCUT2D eigenvalue weighted by Crippen LogP contribution is 2.26. The molecular formula is C22H13F2NS2. The molecule has 0 aliphatic carbocycles. The molecule has 0 saturated carbocycles. The van der Waals surface area contributed by atoms with E-state index in [9.17, 15) is 8.78 Å². The molecule has 132 valence electrons. The minimum absolute atomic E-state index is 0.255. The van der Waals surface area contributed by atoms with E-state index in [1.807, 2.05) is 35.9 Å². The van der Waals surface area contributed by atoms with Crippen LogP contribution in [0.25, 0.3) is 11.1 Å². The Kier molecular flexibility index (Phi) is 6.19. The van der Waals surface area contributed by atoms with E-state index in [0.717, 1.165) is 22.2 Å². The molecule has 1 nitrogen and oxygen atoms in total. The van der Waals surface area contributed by atoms with Crippen molar-refractivity contribution >= 4 is 23.5 Å². The second-order valence-electron chi connectivity index (χ2n) is 5.51. The fraction of sp³-hybridized carbons (Fsp3) is 0.0455. The quantitative estimate of drug-likeness (QED) is 0.295. The van der Waals surface area contributed by atoms with Crippen LogP contribution in [0.4, 0.5) is 8.78 Å². The van der Waals surface area contributed by atoms with Gasteiger partial charge in [-0.3, -0.25) is 0 Å². The smallest absolute Gasteiger partial charge is 0.139 e. The number of hydrogen-bond acceptors (Lipinski definition) is 3. The lowest BCUT2D eigenvalue weighted by molar-refractivity contribution is 0.602. The fourth-order valence-corrected chi connectivity index (χ4v) is 3.25. The van der Waals surface area contributed by atoms with Gasteiger partial charge in [-0.1, -0.05) is 30.0 Å². The first-order valence-electron chi connectivity index (χ1n) is 7.92. The fourth-order valence-electron chi connectivity index (χ4n) is 2.45. The topological polar surface area (TPSA) is 23.8 Å². The van der Waals surface area contributed by atoms with Gasteiger partial charge in [-0.2, -0.15) is 5.26 Å². The van der Waals surface area contributed by atoms with Crippen LogP contribution >= 0.6 is 23.5 Å². The van der Waals surface area contributed by atoms with Gasteiger partial charge in [0.05, 0.1) is 4.90 Å². The SMILES string of the molecule is CSc1ccc(-c2ccc(C#Cc3ccc(SC#N)c(F)c3)cc2F)cc1. The lowest BCUT2D eigenvalue weighted by atomic mass is 10.0. The van der Waals surface area contributed by atoms with Crippen molar-refractivity contribution < 1.29 is 8.78 Å². The van der Waals surface area contributed by atoms with Crippen molar-refractivity contribution in [3.8, 4) is 28.4 Å². The van der Waals surface area contributed by atoms with E-state index in [0.29, 0.717) is 16.7 Å². The summed E-state index contributed by atoms with van der Waals surface area (Å²) in [5.74, 6) is 4.81. The van der Waals surface area contributed by atoms with Crippen LogP contribution in [-0.2, 0) is 0 Å². The summed E-state index contributed by atoms with van der Waals surface area (Å²) in [6.07, 6.45) is 1.99. The van der Waals surface area contributed by atoms with Gasteiger partial charge >= 0.3 is 0 Å². The van der Waals surface area contributed by atoms with Crippen molar-refractivity contribution in [2.75, 3.05) is 6.26 Å². The minimum atomic E-state index is -0.497. The molecule has 0 radical (unpaired) electrons. The number of rotatable bonds is 3. The van der Waals surface area contributed by atoms with Gasteiger partial charge in [0, 0.05) is 21.6 Å². The molecule has 0 aliphatic rings. The average molecular weight is 393 g/mol. The Morgan fingerprint density at radius 3 is 2.00 bits per heavy atom. The minimum Gasteiger partial charge on any atom is -0.206 e. The lowest BCUT2D eigenvalue weighted by Crippen LogP contribution is -1.87. The molecule has 0 fully saturated rings. The third-order valence-corrected chi connectivity index (χ3v) is 5.19. The van der Waals surface area contributed by atoms with E-state index in [4.69, 9.17) is 5.26 Å². The molecule has 0 aromatic heterocycles. The summed E-state index contributed by atoms with van der Waals surface area (Å²) >= 11 is 2.39. The molecule has 0 saturated heterocycles. The van der Waals surface area contributed by atoms with Crippen LogP contribution in [0, 0.1) is 34.1 Å². The number of benzene rings is 3. The monoisotopic (exact) mass is 393 g/mol. The first-order chi connectivity index (χ1) is 13.1. The van der Waals surface area contributed by atoms with E-state index in [2.05, 4.69) is 11.8 Å². The highest BCUT2D eigenvalue weighted by molar-refractivity contribution is 8.03. The van der Waals surface area contributed by atoms with Gasteiger partial charge in [0.15, 0.2) is 0 Å². The summed E-state index contributed by atoms with van der Waals surface area (Å²) in [5, 5.41) is 10.4. The standard InChI is InChI=1S/C22H13F2NS2/c1-26-18-8-6-17(7-9-18)19-10-4-15(12-20(19)23)2-3-16-5-11-22(27-14-25)21(24)13-16/h4-13H,1H3. The molecular weight excluding hydrogens is 380 g/mol. The van der Waals surface area contributed by atoms with Crippen LogP contribution in [0.15, 0.2) is 70.5 Å². The number of thioether (sulfide) groups is 2. The molecule has 27 heavy (non-hydrogen) atoms. The molecule has 0 aliphatic heterocycles. The maximum atomic E-state index is 14.5. The van der Waals surface area contributed by atoms with E-state index >= 15 is 0 Å². The highest BCUT2D eigenvalue weighted by atomic mass is 32.2. The van der Waals surface area contributed by atoms with Crippen molar-refractivity contribution in [3.63, 3.8) is 0 Å². The maximum absolute atomic E-state index is 14.5. The van der Waals surface area contributed by atoms with Gasteiger partial charge in [0.2, 0.25) is 0 Å². The molecule has 0 atom stereocenters. The summed E-state index contributed by atoms with van der Waals surface area (Å²) in [6, 6.07) is 16.9. The van der Waals surface area contributed by atoms with Gasteiger partial charge in [-0.15, -0.1) is 11.8 Å². The van der Waals surface area contributed by atoms with Crippen molar-refractivity contribution in [2.24, 2.45) is 0 Å². The average Bonchev–Trinajstić information content (AvgIpc) is 2.68. The maximum Gasteiger partial charge on any atom is 0.139 e. The van der Waals surface area contributed by atoms with E-state index < -0.39 is 5.82 Å². The Balaban J connectivity index is 1.83. The molecule has 3 aromatic carbocycles.